The number of hydrogen-bond donors (Lipinski definition) is 2. The first-order valence-electron chi connectivity index (χ1n) is 4.92. The van der Waals surface area contributed by atoms with Crippen molar-refractivity contribution >= 4 is 5.91 Å². The quantitative estimate of drug-likeness (QED) is 0.671. The fraction of sp³-hybridized carbons (Fsp3) is 0.727. The molecule has 3 nitrogen and oxygen atoms in total. The van der Waals surface area contributed by atoms with E-state index in [0.29, 0.717) is 6.54 Å². The summed E-state index contributed by atoms with van der Waals surface area (Å²) in [5.74, 6) is 0.0266. The molecule has 82 valence electrons. The second-order valence-corrected chi connectivity index (χ2v) is 4.80. The van der Waals surface area contributed by atoms with Crippen LogP contribution in [-0.2, 0) is 4.79 Å². The van der Waals surface area contributed by atoms with Crippen LogP contribution in [0.15, 0.2) is 12.2 Å². The second kappa shape index (κ2) is 5.15. The van der Waals surface area contributed by atoms with Gasteiger partial charge in [-0.2, -0.15) is 0 Å². The van der Waals surface area contributed by atoms with E-state index < -0.39 is 0 Å². The average Bonchev–Trinajstić information content (AvgIpc) is 1.96. The van der Waals surface area contributed by atoms with E-state index in [0.717, 1.165) is 5.57 Å². The van der Waals surface area contributed by atoms with Crippen LogP contribution in [0.2, 0.25) is 0 Å². The molecule has 1 unspecified atom stereocenters. The minimum absolute atomic E-state index is 0.0266. The van der Waals surface area contributed by atoms with E-state index >= 15 is 0 Å². The van der Waals surface area contributed by atoms with Crippen LogP contribution in [0.3, 0.4) is 0 Å². The van der Waals surface area contributed by atoms with Crippen molar-refractivity contribution in [2.45, 2.75) is 46.2 Å². The topological polar surface area (TPSA) is 41.1 Å². The molecule has 0 aliphatic heterocycles. The zero-order valence-electron chi connectivity index (χ0n) is 9.90. The highest BCUT2D eigenvalue weighted by molar-refractivity contribution is 5.81. The summed E-state index contributed by atoms with van der Waals surface area (Å²) in [5.41, 5.74) is 0.858. The molecule has 0 aliphatic rings. The molecule has 0 aromatic rings. The molecule has 0 saturated carbocycles. The maximum atomic E-state index is 11.6. The van der Waals surface area contributed by atoms with Crippen LogP contribution in [0.1, 0.15) is 34.6 Å². The van der Waals surface area contributed by atoms with Crippen LogP contribution >= 0.6 is 0 Å². The third kappa shape index (κ3) is 6.66. The second-order valence-electron chi connectivity index (χ2n) is 4.80. The molecule has 3 heteroatoms. The molecule has 0 heterocycles. The van der Waals surface area contributed by atoms with Gasteiger partial charge in [-0.1, -0.05) is 12.2 Å². The minimum atomic E-state index is -0.175. The summed E-state index contributed by atoms with van der Waals surface area (Å²) in [6.45, 7) is 14.1. The zero-order valence-corrected chi connectivity index (χ0v) is 9.90. The Morgan fingerprint density at radius 3 is 2.29 bits per heavy atom. The fourth-order valence-electron chi connectivity index (χ4n) is 0.898. The molecule has 0 radical (unpaired) electrons. The number of hydrogen-bond acceptors (Lipinski definition) is 2. The van der Waals surface area contributed by atoms with Crippen molar-refractivity contribution in [1.29, 1.82) is 0 Å². The third-order valence-corrected chi connectivity index (χ3v) is 1.60. The van der Waals surface area contributed by atoms with Crippen LogP contribution in [0.25, 0.3) is 0 Å². The molecule has 0 aromatic heterocycles. The van der Waals surface area contributed by atoms with Crippen LogP contribution in [-0.4, -0.2) is 24.0 Å². The lowest BCUT2D eigenvalue weighted by atomic mass is 10.1. The minimum Gasteiger partial charge on any atom is -0.350 e. The maximum absolute atomic E-state index is 11.6. The van der Waals surface area contributed by atoms with Crippen molar-refractivity contribution in [3.05, 3.63) is 12.2 Å². The molecule has 0 rings (SSSR count). The van der Waals surface area contributed by atoms with E-state index in [9.17, 15) is 4.79 Å². The molecule has 14 heavy (non-hydrogen) atoms. The van der Waals surface area contributed by atoms with Gasteiger partial charge in [0.05, 0.1) is 6.04 Å². The summed E-state index contributed by atoms with van der Waals surface area (Å²) in [6.07, 6.45) is 0. The Kier molecular flexibility index (Phi) is 4.85. The lowest BCUT2D eigenvalue weighted by Crippen LogP contribution is -2.49. The lowest BCUT2D eigenvalue weighted by molar-refractivity contribution is -0.124. The van der Waals surface area contributed by atoms with E-state index in [4.69, 9.17) is 0 Å². The van der Waals surface area contributed by atoms with E-state index in [2.05, 4.69) is 17.2 Å². The Morgan fingerprint density at radius 2 is 1.93 bits per heavy atom. The number of nitrogens with one attached hydrogen (secondary N) is 2. The first-order valence-corrected chi connectivity index (χ1v) is 4.92. The molecule has 0 bridgehead atoms. The number of rotatable bonds is 4. The normalized spacial score (nSPS) is 13.5. The van der Waals surface area contributed by atoms with Gasteiger partial charge in [-0.3, -0.25) is 4.79 Å². The van der Waals surface area contributed by atoms with Crippen molar-refractivity contribution in [3.63, 3.8) is 0 Å². The van der Waals surface area contributed by atoms with Gasteiger partial charge >= 0.3 is 0 Å². The highest BCUT2D eigenvalue weighted by Gasteiger charge is 2.18. The van der Waals surface area contributed by atoms with Crippen LogP contribution in [0.5, 0.6) is 0 Å². The number of carbonyl (C=O) groups excluding carboxylic acids is 1. The Hall–Kier alpha value is -0.830. The van der Waals surface area contributed by atoms with Crippen molar-refractivity contribution in [1.82, 2.24) is 10.6 Å². The standard InChI is InChI=1S/C11H22N2O/c1-8(2)7-12-9(3)10(14)13-11(4,5)6/h9,12H,1,7H2,2-6H3,(H,13,14). The van der Waals surface area contributed by atoms with Gasteiger partial charge in [0.25, 0.3) is 0 Å². The highest BCUT2D eigenvalue weighted by atomic mass is 16.2. The molecule has 2 N–H and O–H groups in total. The van der Waals surface area contributed by atoms with Crippen LogP contribution in [0.4, 0.5) is 0 Å². The van der Waals surface area contributed by atoms with E-state index in [1.165, 1.54) is 0 Å². The molecule has 0 aliphatic carbocycles. The molecular weight excluding hydrogens is 176 g/mol. The molecule has 0 saturated heterocycles. The largest absolute Gasteiger partial charge is 0.350 e. The average molecular weight is 198 g/mol. The number of amides is 1. The van der Waals surface area contributed by atoms with E-state index in [-0.39, 0.29) is 17.5 Å². The first-order chi connectivity index (χ1) is 6.22. The summed E-state index contributed by atoms with van der Waals surface area (Å²) < 4.78 is 0. The summed E-state index contributed by atoms with van der Waals surface area (Å²) in [5, 5.41) is 6.00. The summed E-state index contributed by atoms with van der Waals surface area (Å²) in [7, 11) is 0. The van der Waals surface area contributed by atoms with Crippen LogP contribution in [0, 0.1) is 0 Å². The number of carbonyl (C=O) groups is 1. The molecule has 0 aromatic carbocycles. The van der Waals surface area contributed by atoms with Gasteiger partial charge < -0.3 is 10.6 Å². The Bertz CT molecular complexity index is 216. The van der Waals surface area contributed by atoms with Crippen molar-refractivity contribution in [3.8, 4) is 0 Å². The van der Waals surface area contributed by atoms with Crippen molar-refractivity contribution in [2.24, 2.45) is 0 Å². The summed E-state index contributed by atoms with van der Waals surface area (Å²) in [6, 6.07) is -0.175. The predicted octanol–water partition coefficient (Wildman–Crippen LogP) is 1.46. The first kappa shape index (κ1) is 13.2. The van der Waals surface area contributed by atoms with Gasteiger partial charge in [-0.05, 0) is 34.6 Å². The van der Waals surface area contributed by atoms with Gasteiger partial charge in [-0.15, -0.1) is 0 Å². The summed E-state index contributed by atoms with van der Waals surface area (Å²) >= 11 is 0. The van der Waals surface area contributed by atoms with Gasteiger partial charge in [0.15, 0.2) is 0 Å². The van der Waals surface area contributed by atoms with Crippen LogP contribution < -0.4 is 10.6 Å². The van der Waals surface area contributed by atoms with Gasteiger partial charge in [-0.25, -0.2) is 0 Å². The monoisotopic (exact) mass is 198 g/mol. The van der Waals surface area contributed by atoms with Gasteiger partial charge in [0.2, 0.25) is 5.91 Å². The van der Waals surface area contributed by atoms with Crippen molar-refractivity contribution in [2.75, 3.05) is 6.54 Å². The Labute approximate surface area is 87.0 Å². The highest BCUT2D eigenvalue weighted by Crippen LogP contribution is 1.99. The van der Waals surface area contributed by atoms with Crippen molar-refractivity contribution < 1.29 is 4.79 Å². The lowest BCUT2D eigenvalue weighted by Gasteiger charge is -2.23. The molecule has 0 spiro atoms. The summed E-state index contributed by atoms with van der Waals surface area (Å²) in [4.78, 5) is 11.6. The molecule has 0 fully saturated rings. The van der Waals surface area contributed by atoms with E-state index in [1.807, 2.05) is 34.6 Å². The van der Waals surface area contributed by atoms with Gasteiger partial charge in [0.1, 0.15) is 0 Å². The van der Waals surface area contributed by atoms with E-state index in [1.54, 1.807) is 0 Å². The predicted molar refractivity (Wildman–Crippen MR) is 60.2 cm³/mol. The maximum Gasteiger partial charge on any atom is 0.237 e. The molecule has 1 amide bonds. The Balaban J connectivity index is 3.94. The zero-order chi connectivity index (χ0) is 11.4. The third-order valence-electron chi connectivity index (χ3n) is 1.60. The smallest absolute Gasteiger partial charge is 0.237 e. The Morgan fingerprint density at radius 1 is 1.43 bits per heavy atom. The fourth-order valence-corrected chi connectivity index (χ4v) is 0.898. The van der Waals surface area contributed by atoms with Gasteiger partial charge in [0, 0.05) is 12.1 Å². The molecular formula is C11H22N2O. The SMILES string of the molecule is C=C(C)CNC(C)C(=O)NC(C)(C)C. The molecule has 1 atom stereocenters.